The number of aromatic nitrogens is 4. The van der Waals surface area contributed by atoms with E-state index in [1.54, 1.807) is 10.8 Å². The van der Waals surface area contributed by atoms with Gasteiger partial charge in [-0.3, -0.25) is 14.5 Å². The quantitative estimate of drug-likeness (QED) is 0.536. The molecule has 0 radical (unpaired) electrons. The van der Waals surface area contributed by atoms with Gasteiger partial charge in [0.15, 0.2) is 0 Å². The Hall–Kier alpha value is -3.73. The maximum absolute atomic E-state index is 13.5. The summed E-state index contributed by atoms with van der Waals surface area (Å²) in [6, 6.07) is 23.5. The highest BCUT2D eigenvalue weighted by Gasteiger charge is 2.18. The van der Waals surface area contributed by atoms with Gasteiger partial charge in [-0.2, -0.15) is 5.10 Å². The summed E-state index contributed by atoms with van der Waals surface area (Å²) in [7, 11) is 0. The lowest BCUT2D eigenvalue weighted by atomic mass is 10.1. The van der Waals surface area contributed by atoms with Gasteiger partial charge in [0.25, 0.3) is 5.56 Å². The molecule has 0 saturated heterocycles. The van der Waals surface area contributed by atoms with Crippen LogP contribution in [-0.4, -0.2) is 19.7 Å². The highest BCUT2D eigenvalue weighted by atomic mass is 16.1. The molecule has 2 aromatic carbocycles. The highest BCUT2D eigenvalue weighted by molar-refractivity contribution is 6.03. The normalized spacial score (nSPS) is 11.3. The number of benzene rings is 2. The SMILES string of the molecule is O=c1c2c(Cc3ccccc3)[nH]nc2c2cccnc2n1-c1ccccc1. The van der Waals surface area contributed by atoms with Crippen molar-refractivity contribution in [1.29, 1.82) is 0 Å². The predicted octanol–water partition coefficient (Wildman–Crippen LogP) is 3.85. The molecule has 5 nitrogen and oxygen atoms in total. The molecule has 3 aromatic heterocycles. The van der Waals surface area contributed by atoms with E-state index in [1.165, 1.54) is 0 Å². The monoisotopic (exact) mass is 352 g/mol. The van der Waals surface area contributed by atoms with Crippen LogP contribution in [0.2, 0.25) is 0 Å². The minimum atomic E-state index is -0.109. The predicted molar refractivity (Wildman–Crippen MR) is 106 cm³/mol. The Morgan fingerprint density at radius 1 is 0.889 bits per heavy atom. The molecule has 5 heteroatoms. The third-order valence-electron chi connectivity index (χ3n) is 4.75. The number of H-pyrrole nitrogens is 1. The number of hydrogen-bond acceptors (Lipinski definition) is 3. The lowest BCUT2D eigenvalue weighted by Gasteiger charge is -2.10. The molecule has 27 heavy (non-hydrogen) atoms. The highest BCUT2D eigenvalue weighted by Crippen LogP contribution is 2.24. The van der Waals surface area contributed by atoms with Gasteiger partial charge in [0.2, 0.25) is 0 Å². The van der Waals surface area contributed by atoms with Gasteiger partial charge in [-0.25, -0.2) is 4.98 Å². The van der Waals surface area contributed by atoms with E-state index in [2.05, 4.69) is 15.2 Å². The molecule has 0 aliphatic carbocycles. The Kier molecular flexibility index (Phi) is 3.57. The van der Waals surface area contributed by atoms with Crippen molar-refractivity contribution in [3.8, 4) is 5.69 Å². The molecule has 130 valence electrons. The van der Waals surface area contributed by atoms with Crippen LogP contribution >= 0.6 is 0 Å². The summed E-state index contributed by atoms with van der Waals surface area (Å²) in [6.45, 7) is 0. The minimum Gasteiger partial charge on any atom is -0.281 e. The van der Waals surface area contributed by atoms with Gasteiger partial charge in [-0.1, -0.05) is 48.5 Å². The zero-order chi connectivity index (χ0) is 18.2. The van der Waals surface area contributed by atoms with Crippen LogP contribution in [0.5, 0.6) is 0 Å². The van der Waals surface area contributed by atoms with Crippen molar-refractivity contribution in [2.75, 3.05) is 0 Å². The van der Waals surface area contributed by atoms with Gasteiger partial charge in [0, 0.05) is 18.0 Å². The van der Waals surface area contributed by atoms with Crippen LogP contribution in [-0.2, 0) is 6.42 Å². The van der Waals surface area contributed by atoms with E-state index in [9.17, 15) is 4.79 Å². The van der Waals surface area contributed by atoms with Gasteiger partial charge in [0.1, 0.15) is 11.2 Å². The minimum absolute atomic E-state index is 0.109. The second-order valence-electron chi connectivity index (χ2n) is 6.44. The molecule has 0 aliphatic rings. The maximum atomic E-state index is 13.5. The molecule has 5 aromatic rings. The van der Waals surface area contributed by atoms with E-state index in [-0.39, 0.29) is 5.56 Å². The van der Waals surface area contributed by atoms with Crippen LogP contribution in [0.4, 0.5) is 0 Å². The van der Waals surface area contributed by atoms with Crippen molar-refractivity contribution in [2.24, 2.45) is 0 Å². The molecular formula is C22H16N4O. The topological polar surface area (TPSA) is 63.6 Å². The van der Waals surface area contributed by atoms with E-state index in [1.807, 2.05) is 72.8 Å². The largest absolute Gasteiger partial charge is 0.281 e. The van der Waals surface area contributed by atoms with Crippen molar-refractivity contribution in [1.82, 2.24) is 19.7 Å². The second kappa shape index (κ2) is 6.21. The van der Waals surface area contributed by atoms with E-state index >= 15 is 0 Å². The fraction of sp³-hybridized carbons (Fsp3) is 0.0455. The van der Waals surface area contributed by atoms with Gasteiger partial charge < -0.3 is 0 Å². The third kappa shape index (κ3) is 2.52. The van der Waals surface area contributed by atoms with E-state index < -0.39 is 0 Å². The number of nitrogens with one attached hydrogen (secondary N) is 1. The number of nitrogens with zero attached hydrogens (tertiary/aromatic N) is 3. The zero-order valence-electron chi connectivity index (χ0n) is 14.5. The molecule has 0 atom stereocenters. The molecule has 0 unspecified atom stereocenters. The first-order valence-electron chi connectivity index (χ1n) is 8.79. The fourth-order valence-electron chi connectivity index (χ4n) is 3.52. The summed E-state index contributed by atoms with van der Waals surface area (Å²) < 4.78 is 1.67. The Balaban J connectivity index is 1.85. The number of hydrogen-bond donors (Lipinski definition) is 1. The van der Waals surface area contributed by atoms with Crippen LogP contribution in [0.15, 0.2) is 83.8 Å². The fourth-order valence-corrected chi connectivity index (χ4v) is 3.52. The molecule has 0 amide bonds. The summed E-state index contributed by atoms with van der Waals surface area (Å²) in [5.74, 6) is 0. The molecule has 5 rings (SSSR count). The van der Waals surface area contributed by atoms with Gasteiger partial charge in [0.05, 0.1) is 16.8 Å². The first kappa shape index (κ1) is 15.5. The number of pyridine rings is 2. The first-order valence-corrected chi connectivity index (χ1v) is 8.79. The Morgan fingerprint density at radius 2 is 1.63 bits per heavy atom. The van der Waals surface area contributed by atoms with Crippen molar-refractivity contribution in [3.63, 3.8) is 0 Å². The first-order chi connectivity index (χ1) is 13.3. The molecule has 3 heterocycles. The number of rotatable bonds is 3. The summed E-state index contributed by atoms with van der Waals surface area (Å²) >= 11 is 0. The van der Waals surface area contributed by atoms with Crippen molar-refractivity contribution in [2.45, 2.75) is 6.42 Å². The van der Waals surface area contributed by atoms with Crippen LogP contribution in [0.25, 0.3) is 27.6 Å². The molecule has 0 spiro atoms. The van der Waals surface area contributed by atoms with Gasteiger partial charge >= 0.3 is 0 Å². The Morgan fingerprint density at radius 3 is 2.41 bits per heavy atom. The number of aromatic amines is 1. The van der Waals surface area contributed by atoms with Crippen molar-refractivity contribution in [3.05, 3.63) is 101 Å². The van der Waals surface area contributed by atoms with Gasteiger partial charge in [-0.15, -0.1) is 0 Å². The number of fused-ring (bicyclic) bond motifs is 3. The average Bonchev–Trinajstić information content (AvgIpc) is 3.14. The molecule has 0 aliphatic heterocycles. The van der Waals surface area contributed by atoms with Crippen LogP contribution < -0.4 is 5.56 Å². The average molecular weight is 352 g/mol. The number of para-hydroxylation sites is 1. The maximum Gasteiger partial charge on any atom is 0.268 e. The Bertz CT molecular complexity index is 1300. The summed E-state index contributed by atoms with van der Waals surface area (Å²) in [4.78, 5) is 17.9. The second-order valence-corrected chi connectivity index (χ2v) is 6.44. The standard InChI is InChI=1S/C22H16N4O/c27-22-19-18(14-15-8-3-1-4-9-15)24-25-20(19)17-12-7-13-23-21(17)26(22)16-10-5-2-6-11-16/h1-13H,14H2,(H,24,25). The van der Waals surface area contributed by atoms with Crippen molar-refractivity contribution >= 4 is 21.9 Å². The molecular weight excluding hydrogens is 336 g/mol. The van der Waals surface area contributed by atoms with Crippen LogP contribution in [0.1, 0.15) is 11.3 Å². The van der Waals surface area contributed by atoms with E-state index in [0.29, 0.717) is 23.0 Å². The summed E-state index contributed by atoms with van der Waals surface area (Å²) in [5, 5.41) is 9.01. The third-order valence-corrected chi connectivity index (χ3v) is 4.75. The summed E-state index contributed by atoms with van der Waals surface area (Å²) in [6.07, 6.45) is 2.32. The lowest BCUT2D eigenvalue weighted by molar-refractivity contribution is 1.01. The lowest BCUT2D eigenvalue weighted by Crippen LogP contribution is -2.20. The molecule has 0 bridgehead atoms. The van der Waals surface area contributed by atoms with Crippen LogP contribution in [0, 0.1) is 0 Å². The zero-order valence-corrected chi connectivity index (χ0v) is 14.5. The smallest absolute Gasteiger partial charge is 0.268 e. The Labute approximate surface area is 154 Å². The van der Waals surface area contributed by atoms with E-state index in [4.69, 9.17) is 0 Å². The molecule has 0 saturated carbocycles. The van der Waals surface area contributed by atoms with Crippen molar-refractivity contribution < 1.29 is 0 Å². The van der Waals surface area contributed by atoms with E-state index in [0.717, 1.165) is 22.3 Å². The van der Waals surface area contributed by atoms with Crippen LogP contribution in [0.3, 0.4) is 0 Å². The molecule has 0 fully saturated rings. The molecule has 1 N–H and O–H groups in total. The van der Waals surface area contributed by atoms with Gasteiger partial charge in [-0.05, 0) is 29.8 Å². The summed E-state index contributed by atoms with van der Waals surface area (Å²) in [5.41, 5.74) is 3.90.